The van der Waals surface area contributed by atoms with Crippen molar-refractivity contribution in [3.05, 3.63) is 40.1 Å². The zero-order valence-electron chi connectivity index (χ0n) is 16.7. The molecule has 2 aromatic rings. The van der Waals surface area contributed by atoms with Crippen molar-refractivity contribution in [2.45, 2.75) is 19.6 Å². The zero-order valence-corrected chi connectivity index (χ0v) is 19.8. The lowest BCUT2D eigenvalue weighted by molar-refractivity contribution is -0.0505. The predicted molar refractivity (Wildman–Crippen MR) is 124 cm³/mol. The van der Waals surface area contributed by atoms with E-state index in [-0.39, 0.29) is 49.0 Å². The number of nitrogens with one attached hydrogen (secondary N) is 3. The number of rotatable bonds is 9. The van der Waals surface area contributed by atoms with Crippen LogP contribution in [0.25, 0.3) is 0 Å². The molecule has 2 heterocycles. The maximum absolute atomic E-state index is 12.7. The Kier molecular flexibility index (Phi) is 10.0. The van der Waals surface area contributed by atoms with Gasteiger partial charge >= 0.3 is 6.61 Å². The van der Waals surface area contributed by atoms with Gasteiger partial charge in [-0.25, -0.2) is 0 Å². The largest absolute Gasteiger partial charge is 0.454 e. The summed E-state index contributed by atoms with van der Waals surface area (Å²) in [5.74, 6) is 1.23. The molecule has 3 rings (SSSR count). The fraction of sp³-hybridized carbons (Fsp3) is 0.368. The molecule has 3 N–H and O–H groups in total. The number of guanidine groups is 1. The number of alkyl halides is 2. The molecule has 0 bridgehead atoms. The van der Waals surface area contributed by atoms with Crippen LogP contribution < -0.4 is 30.2 Å². The summed E-state index contributed by atoms with van der Waals surface area (Å²) in [5, 5.41) is 10.8. The summed E-state index contributed by atoms with van der Waals surface area (Å²) >= 11 is 1.39. The highest BCUT2D eigenvalue weighted by atomic mass is 127. The number of fused-ring (bicyclic) bond motifs is 1. The molecule has 1 aromatic carbocycles. The van der Waals surface area contributed by atoms with Crippen LogP contribution in [0.15, 0.2) is 34.6 Å². The van der Waals surface area contributed by atoms with Gasteiger partial charge in [-0.2, -0.15) is 8.78 Å². The number of hydrogen-bond donors (Lipinski definition) is 3. The Balaban J connectivity index is 0.00000341. The molecule has 1 aromatic heterocycles. The van der Waals surface area contributed by atoms with Crippen LogP contribution in [0.5, 0.6) is 17.2 Å². The molecule has 8 nitrogen and oxygen atoms in total. The number of thiophene rings is 1. The molecule has 1 aliphatic rings. The molecular weight excluding hydrogens is 545 g/mol. The molecule has 0 saturated carbocycles. The van der Waals surface area contributed by atoms with Crippen LogP contribution >= 0.6 is 35.3 Å². The average Bonchev–Trinajstić information content (AvgIpc) is 3.41. The Bertz CT molecular complexity index is 884. The molecule has 0 fully saturated rings. The first-order chi connectivity index (χ1) is 14.6. The van der Waals surface area contributed by atoms with Crippen LogP contribution in [0.3, 0.4) is 0 Å². The zero-order chi connectivity index (χ0) is 21.3. The number of halogens is 3. The van der Waals surface area contributed by atoms with Gasteiger partial charge in [0.2, 0.25) is 6.79 Å². The fourth-order valence-corrected chi connectivity index (χ4v) is 3.34. The van der Waals surface area contributed by atoms with Crippen LogP contribution in [0, 0.1) is 0 Å². The van der Waals surface area contributed by atoms with Crippen LogP contribution in [0.4, 0.5) is 8.78 Å². The monoisotopic (exact) mass is 568 g/mol. The Hall–Kier alpha value is -2.35. The topological polar surface area (TPSA) is 93.2 Å². The predicted octanol–water partition coefficient (Wildman–Crippen LogP) is 3.18. The van der Waals surface area contributed by atoms with Gasteiger partial charge in [0.15, 0.2) is 17.5 Å². The lowest BCUT2D eigenvalue weighted by atomic mass is 10.1. The third kappa shape index (κ3) is 7.38. The lowest BCUT2D eigenvalue weighted by Crippen LogP contribution is -2.38. The minimum absolute atomic E-state index is 0. The standard InChI is InChI=1S/C19H22F2N4O4S.HI/c1-22-19(24-6-3-5-23-17(26)16-4-2-7-30-16)25-10-12-8-14-15(28-11-27-14)9-13(12)29-18(20)21;/h2,4,7-9,18H,3,5-6,10-11H2,1H3,(H,23,26)(H2,22,24,25);1H. The highest BCUT2D eigenvalue weighted by molar-refractivity contribution is 14.0. The van der Waals surface area contributed by atoms with Gasteiger partial charge in [-0.15, -0.1) is 35.3 Å². The normalized spacial score (nSPS) is 12.3. The molecule has 31 heavy (non-hydrogen) atoms. The minimum Gasteiger partial charge on any atom is -0.454 e. The first kappa shape index (κ1) is 24.9. The van der Waals surface area contributed by atoms with Gasteiger partial charge in [-0.3, -0.25) is 9.79 Å². The number of nitrogens with zero attached hydrogens (tertiary/aromatic N) is 1. The third-order valence-corrected chi connectivity index (χ3v) is 4.99. The SMILES string of the molecule is CN=C(NCCCNC(=O)c1cccs1)NCc1cc2c(cc1OC(F)F)OCO2.I. The van der Waals surface area contributed by atoms with Crippen molar-refractivity contribution < 1.29 is 27.8 Å². The van der Waals surface area contributed by atoms with E-state index in [9.17, 15) is 13.6 Å². The van der Waals surface area contributed by atoms with Gasteiger partial charge in [-0.1, -0.05) is 6.07 Å². The van der Waals surface area contributed by atoms with Gasteiger partial charge in [0.1, 0.15) is 5.75 Å². The summed E-state index contributed by atoms with van der Waals surface area (Å²) in [6.45, 7) is -1.66. The molecular formula is C19H23F2IN4O4S. The van der Waals surface area contributed by atoms with Crippen molar-refractivity contribution in [2.24, 2.45) is 4.99 Å². The van der Waals surface area contributed by atoms with E-state index in [4.69, 9.17) is 9.47 Å². The molecule has 170 valence electrons. The number of carbonyl (C=O) groups excluding carboxylic acids is 1. The molecule has 0 aliphatic carbocycles. The van der Waals surface area contributed by atoms with Crippen molar-refractivity contribution in [1.82, 2.24) is 16.0 Å². The second-order valence-corrected chi connectivity index (χ2v) is 7.08. The van der Waals surface area contributed by atoms with Crippen LogP contribution in [0.1, 0.15) is 21.7 Å². The Morgan fingerprint density at radius 2 is 1.97 bits per heavy atom. The summed E-state index contributed by atoms with van der Waals surface area (Å²) in [5.41, 5.74) is 0.478. The molecule has 12 heteroatoms. The number of aliphatic imine (C=N–C) groups is 1. The number of amides is 1. The third-order valence-electron chi connectivity index (χ3n) is 4.12. The van der Waals surface area contributed by atoms with Crippen LogP contribution in [0.2, 0.25) is 0 Å². The molecule has 1 amide bonds. The number of ether oxygens (including phenoxy) is 3. The molecule has 1 aliphatic heterocycles. The van der Waals surface area contributed by atoms with Gasteiger partial charge in [0.05, 0.1) is 4.88 Å². The molecule has 0 spiro atoms. The van der Waals surface area contributed by atoms with E-state index in [1.165, 1.54) is 17.4 Å². The van der Waals surface area contributed by atoms with Crippen LogP contribution in [-0.2, 0) is 6.54 Å². The first-order valence-corrected chi connectivity index (χ1v) is 10.1. The van der Waals surface area contributed by atoms with Gasteiger partial charge in [0, 0.05) is 38.3 Å². The number of carbonyl (C=O) groups is 1. The van der Waals surface area contributed by atoms with E-state index in [0.717, 1.165) is 0 Å². The highest BCUT2D eigenvalue weighted by Gasteiger charge is 2.20. The maximum Gasteiger partial charge on any atom is 0.387 e. The smallest absolute Gasteiger partial charge is 0.387 e. The second kappa shape index (κ2) is 12.5. The van der Waals surface area contributed by atoms with Crippen molar-refractivity contribution in [3.8, 4) is 17.2 Å². The molecule has 0 radical (unpaired) electrons. The van der Waals surface area contributed by atoms with Crippen molar-refractivity contribution in [1.29, 1.82) is 0 Å². The van der Waals surface area contributed by atoms with Crippen molar-refractivity contribution in [3.63, 3.8) is 0 Å². The van der Waals surface area contributed by atoms with Crippen molar-refractivity contribution in [2.75, 3.05) is 26.9 Å². The van der Waals surface area contributed by atoms with E-state index in [1.807, 2.05) is 11.4 Å². The molecule has 0 unspecified atom stereocenters. The van der Waals surface area contributed by atoms with E-state index in [0.29, 0.717) is 47.4 Å². The number of hydrogen-bond acceptors (Lipinski definition) is 6. The van der Waals surface area contributed by atoms with Crippen LogP contribution in [-0.4, -0.2) is 45.4 Å². The number of benzene rings is 1. The molecule has 0 atom stereocenters. The quantitative estimate of drug-likeness (QED) is 0.186. The summed E-state index contributed by atoms with van der Waals surface area (Å²) in [6.07, 6.45) is 0.682. The van der Waals surface area contributed by atoms with E-state index in [2.05, 4.69) is 25.7 Å². The summed E-state index contributed by atoms with van der Waals surface area (Å²) in [6, 6.07) is 6.58. The summed E-state index contributed by atoms with van der Waals surface area (Å²) in [4.78, 5) is 16.6. The Morgan fingerprint density at radius 3 is 2.65 bits per heavy atom. The van der Waals surface area contributed by atoms with E-state index < -0.39 is 6.61 Å². The summed E-state index contributed by atoms with van der Waals surface area (Å²) in [7, 11) is 1.60. The van der Waals surface area contributed by atoms with Gasteiger partial charge in [-0.05, 0) is 23.9 Å². The molecule has 0 saturated heterocycles. The minimum atomic E-state index is -2.95. The highest BCUT2D eigenvalue weighted by Crippen LogP contribution is 2.38. The van der Waals surface area contributed by atoms with E-state index in [1.54, 1.807) is 19.2 Å². The Morgan fingerprint density at radius 1 is 1.23 bits per heavy atom. The van der Waals surface area contributed by atoms with E-state index >= 15 is 0 Å². The average molecular weight is 568 g/mol. The van der Waals surface area contributed by atoms with Crippen molar-refractivity contribution >= 4 is 47.2 Å². The summed E-state index contributed by atoms with van der Waals surface area (Å²) < 4.78 is 40.5. The first-order valence-electron chi connectivity index (χ1n) is 9.20. The Labute approximate surface area is 199 Å². The maximum atomic E-state index is 12.7. The van der Waals surface area contributed by atoms with Gasteiger partial charge in [0.25, 0.3) is 5.91 Å². The lowest BCUT2D eigenvalue weighted by Gasteiger charge is -2.15. The second-order valence-electron chi connectivity index (χ2n) is 6.13. The fourth-order valence-electron chi connectivity index (χ4n) is 2.70. The van der Waals surface area contributed by atoms with Gasteiger partial charge < -0.3 is 30.2 Å².